The minimum Gasteiger partial charge on any atom is -0.496 e. The molecule has 4 aromatic rings. The van der Waals surface area contributed by atoms with Gasteiger partial charge in [-0.15, -0.1) is 0 Å². The molecule has 0 aliphatic carbocycles. The van der Waals surface area contributed by atoms with E-state index in [1.54, 1.807) is 25.6 Å². The maximum Gasteiger partial charge on any atom is 0.195 e. The molecule has 0 bridgehead atoms. The Labute approximate surface area is 131 Å². The Balaban J connectivity index is 1.98. The van der Waals surface area contributed by atoms with E-state index in [1.807, 2.05) is 42.6 Å². The van der Waals surface area contributed by atoms with Gasteiger partial charge in [0.05, 0.1) is 24.6 Å². The zero-order valence-electron chi connectivity index (χ0n) is 12.2. The first kappa shape index (κ1) is 13.2. The molecular formula is C17H14N2O2S. The van der Waals surface area contributed by atoms with Crippen LogP contribution in [0.3, 0.4) is 0 Å². The molecule has 0 spiro atoms. The second-order valence-electron chi connectivity index (χ2n) is 4.89. The molecule has 0 fully saturated rings. The van der Waals surface area contributed by atoms with Gasteiger partial charge in [-0.05, 0) is 24.3 Å². The first-order chi connectivity index (χ1) is 10.8. The predicted molar refractivity (Wildman–Crippen MR) is 89.1 cm³/mol. The summed E-state index contributed by atoms with van der Waals surface area (Å²) in [6.07, 6.45) is 2.04. The topological polar surface area (TPSA) is 35.8 Å². The van der Waals surface area contributed by atoms with Crippen molar-refractivity contribution >= 4 is 26.5 Å². The van der Waals surface area contributed by atoms with E-state index in [-0.39, 0.29) is 0 Å². The maximum absolute atomic E-state index is 5.49. The minimum atomic E-state index is 0.824. The number of nitrogens with zero attached hydrogens (tertiary/aromatic N) is 2. The highest BCUT2D eigenvalue weighted by molar-refractivity contribution is 7.23. The minimum absolute atomic E-state index is 0.824. The molecule has 0 atom stereocenters. The zero-order valence-corrected chi connectivity index (χ0v) is 13.1. The quantitative estimate of drug-likeness (QED) is 0.568. The third-order valence-electron chi connectivity index (χ3n) is 3.68. The molecule has 0 saturated carbocycles. The second-order valence-corrected chi connectivity index (χ2v) is 5.90. The number of aromatic nitrogens is 2. The van der Waals surface area contributed by atoms with E-state index in [4.69, 9.17) is 14.5 Å². The van der Waals surface area contributed by atoms with Gasteiger partial charge in [-0.2, -0.15) is 0 Å². The average Bonchev–Trinajstić information content (AvgIpc) is 3.11. The summed E-state index contributed by atoms with van der Waals surface area (Å²) >= 11 is 1.65. The number of rotatable bonds is 3. The molecule has 2 heterocycles. The van der Waals surface area contributed by atoms with Crippen molar-refractivity contribution in [1.82, 2.24) is 9.38 Å². The van der Waals surface area contributed by atoms with Crippen molar-refractivity contribution in [3.05, 3.63) is 48.7 Å². The predicted octanol–water partition coefficient (Wildman–Crippen LogP) is 4.23. The van der Waals surface area contributed by atoms with Crippen LogP contribution in [0, 0.1) is 0 Å². The van der Waals surface area contributed by atoms with E-state index >= 15 is 0 Å². The fourth-order valence-electron chi connectivity index (χ4n) is 2.67. The third kappa shape index (κ3) is 1.86. The van der Waals surface area contributed by atoms with Gasteiger partial charge in [0.15, 0.2) is 4.96 Å². The summed E-state index contributed by atoms with van der Waals surface area (Å²) in [6, 6.07) is 14.0. The van der Waals surface area contributed by atoms with Gasteiger partial charge in [0, 0.05) is 11.8 Å². The molecular weight excluding hydrogens is 296 g/mol. The van der Waals surface area contributed by atoms with E-state index in [1.165, 1.54) is 0 Å². The molecule has 0 aliphatic rings. The van der Waals surface area contributed by atoms with Gasteiger partial charge in [-0.25, -0.2) is 4.98 Å². The largest absolute Gasteiger partial charge is 0.496 e. The summed E-state index contributed by atoms with van der Waals surface area (Å²) in [5, 5.41) is 0. The van der Waals surface area contributed by atoms with Crippen molar-refractivity contribution in [2.24, 2.45) is 0 Å². The summed E-state index contributed by atoms with van der Waals surface area (Å²) in [4.78, 5) is 5.69. The molecule has 0 N–H and O–H groups in total. The molecule has 0 saturated heterocycles. The number of imidazole rings is 1. The monoisotopic (exact) mass is 310 g/mol. The molecule has 2 aromatic carbocycles. The Morgan fingerprint density at radius 2 is 1.73 bits per heavy atom. The molecule has 5 heteroatoms. The highest BCUT2D eigenvalue weighted by Gasteiger charge is 2.15. The number of thiazole rings is 1. The van der Waals surface area contributed by atoms with E-state index in [0.717, 1.165) is 37.9 Å². The summed E-state index contributed by atoms with van der Waals surface area (Å²) in [7, 11) is 3.37. The van der Waals surface area contributed by atoms with Crippen LogP contribution in [0.2, 0.25) is 0 Å². The number of para-hydroxylation sites is 2. The Morgan fingerprint density at radius 1 is 0.955 bits per heavy atom. The van der Waals surface area contributed by atoms with Crippen LogP contribution in [0.4, 0.5) is 0 Å². The van der Waals surface area contributed by atoms with Crippen molar-refractivity contribution < 1.29 is 9.47 Å². The van der Waals surface area contributed by atoms with Crippen LogP contribution in [0.5, 0.6) is 11.5 Å². The molecule has 110 valence electrons. The number of hydrogen-bond acceptors (Lipinski definition) is 4. The van der Waals surface area contributed by atoms with Crippen molar-refractivity contribution in [2.75, 3.05) is 14.2 Å². The molecule has 2 aromatic heterocycles. The van der Waals surface area contributed by atoms with Gasteiger partial charge in [-0.1, -0.05) is 29.5 Å². The summed E-state index contributed by atoms with van der Waals surface area (Å²) in [5.74, 6) is 1.68. The Morgan fingerprint density at radius 3 is 2.55 bits per heavy atom. The van der Waals surface area contributed by atoms with Gasteiger partial charge in [0.1, 0.15) is 17.0 Å². The van der Waals surface area contributed by atoms with Crippen molar-refractivity contribution in [3.63, 3.8) is 0 Å². The van der Waals surface area contributed by atoms with Gasteiger partial charge >= 0.3 is 0 Å². The molecule has 22 heavy (non-hydrogen) atoms. The Bertz CT molecular complexity index is 971. The molecule has 4 nitrogen and oxygen atoms in total. The first-order valence-corrected chi connectivity index (χ1v) is 7.71. The number of ether oxygens (including phenoxy) is 2. The molecule has 0 unspecified atom stereocenters. The van der Waals surface area contributed by atoms with E-state index in [2.05, 4.69) is 10.5 Å². The standard InChI is InChI=1S/C17H14N2O2S/c1-20-13-7-4-3-6-11(13)12-10-19-16-14(21-2)8-5-9-15(16)22-17(19)18-12/h3-10H,1-2H3. The SMILES string of the molecule is COc1ccccc1-c1cn2c(n1)sc1cccc(OC)c12. The number of methoxy groups -OCH3 is 2. The lowest BCUT2D eigenvalue weighted by molar-refractivity contribution is 0.416. The molecule has 0 radical (unpaired) electrons. The number of fused-ring (bicyclic) bond motifs is 3. The fraction of sp³-hybridized carbons (Fsp3) is 0.118. The number of benzene rings is 2. The van der Waals surface area contributed by atoms with Crippen LogP contribution in [-0.4, -0.2) is 23.6 Å². The van der Waals surface area contributed by atoms with Crippen LogP contribution >= 0.6 is 11.3 Å². The summed E-state index contributed by atoms with van der Waals surface area (Å²) in [5.41, 5.74) is 2.94. The van der Waals surface area contributed by atoms with Gasteiger partial charge in [-0.3, -0.25) is 4.40 Å². The van der Waals surface area contributed by atoms with E-state index in [9.17, 15) is 0 Å². The van der Waals surface area contributed by atoms with Gasteiger partial charge in [0.25, 0.3) is 0 Å². The molecule has 0 aliphatic heterocycles. The van der Waals surface area contributed by atoms with E-state index < -0.39 is 0 Å². The highest BCUT2D eigenvalue weighted by Crippen LogP contribution is 2.36. The average molecular weight is 310 g/mol. The molecule has 0 amide bonds. The summed E-state index contributed by atoms with van der Waals surface area (Å²) < 4.78 is 14.2. The van der Waals surface area contributed by atoms with Crippen LogP contribution in [0.25, 0.3) is 26.4 Å². The summed E-state index contributed by atoms with van der Waals surface area (Å²) in [6.45, 7) is 0. The van der Waals surface area contributed by atoms with Gasteiger partial charge in [0.2, 0.25) is 0 Å². The van der Waals surface area contributed by atoms with Crippen LogP contribution in [0.1, 0.15) is 0 Å². The smallest absolute Gasteiger partial charge is 0.195 e. The maximum atomic E-state index is 5.49. The van der Waals surface area contributed by atoms with Crippen LogP contribution < -0.4 is 9.47 Å². The highest BCUT2D eigenvalue weighted by atomic mass is 32.1. The number of hydrogen-bond donors (Lipinski definition) is 0. The molecule has 4 rings (SSSR count). The van der Waals surface area contributed by atoms with Gasteiger partial charge < -0.3 is 9.47 Å². The lowest BCUT2D eigenvalue weighted by Crippen LogP contribution is -1.88. The van der Waals surface area contributed by atoms with E-state index in [0.29, 0.717) is 0 Å². The van der Waals surface area contributed by atoms with Crippen molar-refractivity contribution in [3.8, 4) is 22.8 Å². The Hall–Kier alpha value is -2.53. The Kier molecular flexibility index (Phi) is 3.01. The normalized spacial score (nSPS) is 11.2. The second kappa shape index (κ2) is 5.03. The zero-order chi connectivity index (χ0) is 15.1. The third-order valence-corrected chi connectivity index (χ3v) is 4.70. The lowest BCUT2D eigenvalue weighted by Gasteiger charge is -2.05. The van der Waals surface area contributed by atoms with Crippen LogP contribution in [-0.2, 0) is 0 Å². The van der Waals surface area contributed by atoms with Crippen LogP contribution in [0.15, 0.2) is 48.7 Å². The van der Waals surface area contributed by atoms with Crippen molar-refractivity contribution in [2.45, 2.75) is 0 Å². The first-order valence-electron chi connectivity index (χ1n) is 6.90. The van der Waals surface area contributed by atoms with Crippen molar-refractivity contribution in [1.29, 1.82) is 0 Å². The lowest BCUT2D eigenvalue weighted by atomic mass is 10.1. The fourth-order valence-corrected chi connectivity index (χ4v) is 3.69.